The van der Waals surface area contributed by atoms with Gasteiger partial charge in [-0.3, -0.25) is 4.79 Å². The number of nitrogens with zero attached hydrogens (tertiary/aromatic N) is 4. The SMILES string of the molecule is Nn1c(COc2ccccc2F)nnc1SCC(=O)Nc1ncc(Cl)cc1Cl. The van der Waals surface area contributed by atoms with Gasteiger partial charge in [-0.2, -0.15) is 0 Å². The Kier molecular flexibility index (Phi) is 6.55. The van der Waals surface area contributed by atoms with Crippen LogP contribution in [-0.4, -0.2) is 31.5 Å². The van der Waals surface area contributed by atoms with Crippen molar-refractivity contribution in [2.24, 2.45) is 0 Å². The molecule has 12 heteroatoms. The number of pyridine rings is 1. The molecule has 8 nitrogen and oxygen atoms in total. The molecular weight excluding hydrogens is 430 g/mol. The number of rotatable bonds is 7. The topological polar surface area (TPSA) is 108 Å². The molecule has 0 aliphatic rings. The number of hydrogen-bond donors (Lipinski definition) is 2. The van der Waals surface area contributed by atoms with Crippen molar-refractivity contribution in [2.75, 3.05) is 16.9 Å². The quantitative estimate of drug-likeness (QED) is 0.427. The first kappa shape index (κ1) is 20.2. The largest absolute Gasteiger partial charge is 0.482 e. The molecule has 3 rings (SSSR count). The summed E-state index contributed by atoms with van der Waals surface area (Å²) in [5.41, 5.74) is 0. The third-order valence-electron chi connectivity index (χ3n) is 3.33. The van der Waals surface area contributed by atoms with Crippen molar-refractivity contribution in [2.45, 2.75) is 11.8 Å². The van der Waals surface area contributed by atoms with Gasteiger partial charge in [0.1, 0.15) is 6.61 Å². The number of thioether (sulfide) groups is 1. The van der Waals surface area contributed by atoms with Crippen LogP contribution in [0, 0.1) is 5.82 Å². The zero-order valence-electron chi connectivity index (χ0n) is 14.1. The summed E-state index contributed by atoms with van der Waals surface area (Å²) in [6.45, 7) is -0.0819. The van der Waals surface area contributed by atoms with Crippen LogP contribution in [0.4, 0.5) is 10.2 Å². The van der Waals surface area contributed by atoms with Crippen molar-refractivity contribution in [3.05, 3.63) is 58.2 Å². The van der Waals surface area contributed by atoms with Crippen LogP contribution >= 0.6 is 35.0 Å². The molecule has 0 radical (unpaired) electrons. The summed E-state index contributed by atoms with van der Waals surface area (Å²) in [5.74, 6) is 5.58. The van der Waals surface area contributed by atoms with Crippen LogP contribution in [0.1, 0.15) is 5.82 Å². The van der Waals surface area contributed by atoms with E-state index >= 15 is 0 Å². The number of nitrogens with one attached hydrogen (secondary N) is 1. The molecule has 0 spiro atoms. The molecule has 0 saturated heterocycles. The fraction of sp³-hybridized carbons (Fsp3) is 0.125. The monoisotopic (exact) mass is 442 g/mol. The first-order valence-corrected chi connectivity index (χ1v) is 9.48. The van der Waals surface area contributed by atoms with Gasteiger partial charge in [0.2, 0.25) is 11.1 Å². The van der Waals surface area contributed by atoms with Gasteiger partial charge in [-0.15, -0.1) is 10.2 Å². The number of halogens is 3. The Bertz CT molecular complexity index is 1000. The predicted octanol–water partition coefficient (Wildman–Crippen LogP) is 3.14. The Morgan fingerprint density at radius 1 is 1.32 bits per heavy atom. The highest BCUT2D eigenvalue weighted by molar-refractivity contribution is 7.99. The highest BCUT2D eigenvalue weighted by Crippen LogP contribution is 2.23. The Morgan fingerprint density at radius 2 is 2.11 bits per heavy atom. The van der Waals surface area contributed by atoms with Gasteiger partial charge in [0.05, 0.1) is 15.8 Å². The lowest BCUT2D eigenvalue weighted by Gasteiger charge is -2.07. The van der Waals surface area contributed by atoms with E-state index in [9.17, 15) is 9.18 Å². The van der Waals surface area contributed by atoms with Crippen molar-refractivity contribution in [1.82, 2.24) is 19.9 Å². The third-order valence-corrected chi connectivity index (χ3v) is 4.76. The molecule has 0 aliphatic heterocycles. The second-order valence-corrected chi connectivity index (χ2v) is 7.09. The van der Waals surface area contributed by atoms with Crippen molar-refractivity contribution in [3.63, 3.8) is 0 Å². The summed E-state index contributed by atoms with van der Waals surface area (Å²) in [6.07, 6.45) is 1.37. The molecule has 1 amide bonds. The Morgan fingerprint density at radius 3 is 2.86 bits per heavy atom. The lowest BCUT2D eigenvalue weighted by molar-refractivity contribution is -0.113. The van der Waals surface area contributed by atoms with Crippen molar-refractivity contribution in [3.8, 4) is 5.75 Å². The minimum absolute atomic E-state index is 0.00978. The number of carbonyl (C=O) groups excluding carboxylic acids is 1. The molecule has 3 N–H and O–H groups in total. The van der Waals surface area contributed by atoms with Crippen LogP contribution in [0.25, 0.3) is 0 Å². The molecule has 28 heavy (non-hydrogen) atoms. The minimum Gasteiger partial charge on any atom is -0.482 e. The fourth-order valence-corrected chi connectivity index (χ4v) is 3.12. The first-order valence-electron chi connectivity index (χ1n) is 7.74. The molecule has 3 aromatic rings. The van der Waals surface area contributed by atoms with Gasteiger partial charge in [-0.05, 0) is 18.2 Å². The number of hydrogen-bond acceptors (Lipinski definition) is 7. The smallest absolute Gasteiger partial charge is 0.236 e. The van der Waals surface area contributed by atoms with Gasteiger partial charge in [-0.1, -0.05) is 47.1 Å². The number of nitrogen functional groups attached to an aromatic ring is 1. The van der Waals surface area contributed by atoms with E-state index in [0.29, 0.717) is 5.02 Å². The number of anilines is 1. The molecule has 0 fully saturated rings. The second-order valence-electron chi connectivity index (χ2n) is 5.31. The van der Waals surface area contributed by atoms with Crippen LogP contribution in [0.15, 0.2) is 41.7 Å². The lowest BCUT2D eigenvalue weighted by atomic mass is 10.3. The summed E-state index contributed by atoms with van der Waals surface area (Å²) in [5, 5.41) is 11.2. The second kappa shape index (κ2) is 9.09. The zero-order valence-corrected chi connectivity index (χ0v) is 16.4. The molecule has 0 aliphatic carbocycles. The molecular formula is C16H13Cl2FN6O2S. The van der Waals surface area contributed by atoms with Gasteiger partial charge in [0.25, 0.3) is 0 Å². The minimum atomic E-state index is -0.494. The average molecular weight is 443 g/mol. The van der Waals surface area contributed by atoms with Gasteiger partial charge in [0, 0.05) is 6.20 Å². The van der Waals surface area contributed by atoms with Crippen LogP contribution in [0.3, 0.4) is 0 Å². The number of benzene rings is 1. The van der Waals surface area contributed by atoms with E-state index in [4.69, 9.17) is 33.8 Å². The summed E-state index contributed by atoms with van der Waals surface area (Å²) < 4.78 is 20.1. The third kappa shape index (κ3) is 5.03. The van der Waals surface area contributed by atoms with Crippen molar-refractivity contribution < 1.29 is 13.9 Å². The predicted molar refractivity (Wildman–Crippen MR) is 105 cm³/mol. The lowest BCUT2D eigenvalue weighted by Crippen LogP contribution is -2.18. The fourth-order valence-electron chi connectivity index (χ4n) is 2.01. The Labute approximate surface area is 173 Å². The van der Waals surface area contributed by atoms with Gasteiger partial charge < -0.3 is 15.9 Å². The van der Waals surface area contributed by atoms with E-state index in [1.165, 1.54) is 29.1 Å². The van der Waals surface area contributed by atoms with E-state index < -0.39 is 5.82 Å². The maximum atomic E-state index is 13.6. The molecule has 2 aromatic heterocycles. The number of amides is 1. The number of carbonyl (C=O) groups is 1. The zero-order chi connectivity index (χ0) is 20.1. The summed E-state index contributed by atoms with van der Waals surface area (Å²) in [6, 6.07) is 7.44. The number of para-hydroxylation sites is 1. The number of ether oxygens (including phenoxy) is 1. The summed E-state index contributed by atoms with van der Waals surface area (Å²) in [4.78, 5) is 16.0. The molecule has 1 aromatic carbocycles. The maximum Gasteiger partial charge on any atom is 0.236 e. The summed E-state index contributed by atoms with van der Waals surface area (Å²) >= 11 is 12.8. The van der Waals surface area contributed by atoms with Crippen LogP contribution in [0.5, 0.6) is 5.75 Å². The number of aromatic nitrogens is 4. The van der Waals surface area contributed by atoms with Crippen LogP contribution < -0.4 is 15.9 Å². The van der Waals surface area contributed by atoms with E-state index in [2.05, 4.69) is 20.5 Å². The van der Waals surface area contributed by atoms with Gasteiger partial charge in [0.15, 0.2) is 23.2 Å². The highest BCUT2D eigenvalue weighted by atomic mass is 35.5. The standard InChI is InChI=1S/C16H13Cl2FN6O2S/c17-9-5-10(18)15(21-6-9)22-14(26)8-28-16-24-23-13(25(16)20)7-27-12-4-2-1-3-11(12)19/h1-6H,7-8,20H2,(H,21,22,26). The Hall–Kier alpha value is -2.56. The molecule has 2 heterocycles. The molecule has 0 atom stereocenters. The molecule has 146 valence electrons. The molecule has 0 saturated carbocycles. The van der Waals surface area contributed by atoms with E-state index in [1.54, 1.807) is 12.1 Å². The average Bonchev–Trinajstić information content (AvgIpc) is 3.01. The van der Waals surface area contributed by atoms with E-state index in [0.717, 1.165) is 11.8 Å². The van der Waals surface area contributed by atoms with Gasteiger partial charge >= 0.3 is 0 Å². The van der Waals surface area contributed by atoms with Crippen molar-refractivity contribution >= 4 is 46.7 Å². The molecule has 0 bridgehead atoms. The van der Waals surface area contributed by atoms with Crippen LogP contribution in [0.2, 0.25) is 10.0 Å². The molecule has 0 unspecified atom stereocenters. The van der Waals surface area contributed by atoms with Gasteiger partial charge in [-0.25, -0.2) is 14.1 Å². The summed E-state index contributed by atoms with van der Waals surface area (Å²) in [7, 11) is 0. The highest BCUT2D eigenvalue weighted by Gasteiger charge is 2.14. The number of nitrogens with two attached hydrogens (primary N) is 1. The van der Waals surface area contributed by atoms with E-state index in [-0.39, 0.29) is 45.8 Å². The van der Waals surface area contributed by atoms with Crippen LogP contribution in [-0.2, 0) is 11.4 Å². The van der Waals surface area contributed by atoms with E-state index in [1.807, 2.05) is 0 Å². The first-order chi connectivity index (χ1) is 13.4. The van der Waals surface area contributed by atoms with Crippen molar-refractivity contribution in [1.29, 1.82) is 0 Å². The normalized spacial score (nSPS) is 10.7. The Balaban J connectivity index is 1.55. The maximum absolute atomic E-state index is 13.6.